The molecule has 90 valence electrons. The third-order valence-corrected chi connectivity index (χ3v) is 2.66. The van der Waals surface area contributed by atoms with E-state index in [-0.39, 0.29) is 11.9 Å². The van der Waals surface area contributed by atoms with Gasteiger partial charge in [0.2, 0.25) is 0 Å². The number of nitrogens with one attached hydrogen (secondary N) is 1. The van der Waals surface area contributed by atoms with Crippen LogP contribution in [0, 0.1) is 5.82 Å². The Balaban J connectivity index is 2.27. The van der Waals surface area contributed by atoms with E-state index >= 15 is 0 Å². The van der Waals surface area contributed by atoms with Crippen molar-refractivity contribution in [1.82, 2.24) is 5.32 Å². The van der Waals surface area contributed by atoms with E-state index in [2.05, 4.69) is 12.2 Å². The Morgan fingerprint density at radius 2 is 2.18 bits per heavy atom. The molecule has 2 aromatic rings. The zero-order chi connectivity index (χ0) is 12.1. The Hall–Kier alpha value is -1.61. The summed E-state index contributed by atoms with van der Waals surface area (Å²) in [6.07, 6.45) is 4.36. The van der Waals surface area contributed by atoms with Crippen molar-refractivity contribution in [2.75, 3.05) is 6.54 Å². The van der Waals surface area contributed by atoms with Gasteiger partial charge >= 0.3 is 0 Å². The minimum atomic E-state index is -0.214. The van der Waals surface area contributed by atoms with Gasteiger partial charge in [-0.05, 0) is 36.7 Å². The summed E-state index contributed by atoms with van der Waals surface area (Å²) in [6, 6.07) is 8.55. The van der Waals surface area contributed by atoms with Gasteiger partial charge in [-0.2, -0.15) is 0 Å². The predicted octanol–water partition coefficient (Wildman–Crippen LogP) is 3.51. The number of rotatable bonds is 5. The number of hydrogen-bond donors (Lipinski definition) is 1. The van der Waals surface area contributed by atoms with Crippen molar-refractivity contribution in [1.29, 1.82) is 0 Å². The molecule has 2 nitrogen and oxygen atoms in total. The van der Waals surface area contributed by atoms with Crippen LogP contribution in [0.3, 0.4) is 0 Å². The van der Waals surface area contributed by atoms with Crippen molar-refractivity contribution in [2.24, 2.45) is 0 Å². The third kappa shape index (κ3) is 2.94. The average Bonchev–Trinajstić information content (AvgIpc) is 2.83. The summed E-state index contributed by atoms with van der Waals surface area (Å²) in [7, 11) is 0. The van der Waals surface area contributed by atoms with Gasteiger partial charge in [-0.3, -0.25) is 0 Å². The smallest absolute Gasteiger partial charge is 0.123 e. The minimum Gasteiger partial charge on any atom is -0.472 e. The Morgan fingerprint density at radius 1 is 1.29 bits per heavy atom. The lowest BCUT2D eigenvalue weighted by molar-refractivity contribution is 0.546. The molecule has 0 saturated heterocycles. The zero-order valence-electron chi connectivity index (χ0n) is 9.82. The standard InChI is InChI=1S/C14H16FNO/c1-2-7-16-14(12-6-8-17-10-12)11-4-3-5-13(15)9-11/h3-6,8-10,14,16H,2,7H2,1H3. The molecule has 17 heavy (non-hydrogen) atoms. The molecule has 0 spiro atoms. The van der Waals surface area contributed by atoms with Crippen LogP contribution in [-0.4, -0.2) is 6.54 Å². The van der Waals surface area contributed by atoms with Crippen LogP contribution in [0.25, 0.3) is 0 Å². The van der Waals surface area contributed by atoms with Crippen LogP contribution < -0.4 is 5.32 Å². The van der Waals surface area contributed by atoms with Crippen LogP contribution in [-0.2, 0) is 0 Å². The number of furan rings is 1. The summed E-state index contributed by atoms with van der Waals surface area (Å²) in [5, 5.41) is 3.39. The molecule has 0 saturated carbocycles. The fourth-order valence-corrected chi connectivity index (χ4v) is 1.84. The number of halogens is 1. The van der Waals surface area contributed by atoms with Crippen LogP contribution in [0.2, 0.25) is 0 Å². The van der Waals surface area contributed by atoms with Gasteiger partial charge in [0.15, 0.2) is 0 Å². The fourth-order valence-electron chi connectivity index (χ4n) is 1.84. The first kappa shape index (κ1) is 11.9. The van der Waals surface area contributed by atoms with Gasteiger partial charge in [-0.15, -0.1) is 0 Å². The molecule has 0 aliphatic heterocycles. The summed E-state index contributed by atoms with van der Waals surface area (Å²) >= 11 is 0. The first-order valence-electron chi connectivity index (χ1n) is 5.82. The Kier molecular flexibility index (Phi) is 3.94. The normalized spacial score (nSPS) is 12.6. The molecule has 0 fully saturated rings. The lowest BCUT2D eigenvalue weighted by Gasteiger charge is -2.17. The van der Waals surface area contributed by atoms with Crippen molar-refractivity contribution >= 4 is 0 Å². The molecule has 0 aliphatic carbocycles. The predicted molar refractivity (Wildman–Crippen MR) is 65.2 cm³/mol. The molecule has 0 amide bonds. The second-order valence-electron chi connectivity index (χ2n) is 4.00. The summed E-state index contributed by atoms with van der Waals surface area (Å²) in [6.45, 7) is 2.98. The van der Waals surface area contributed by atoms with Gasteiger partial charge in [-0.1, -0.05) is 19.1 Å². The van der Waals surface area contributed by atoms with Crippen molar-refractivity contribution in [3.8, 4) is 0 Å². The highest BCUT2D eigenvalue weighted by molar-refractivity contribution is 5.29. The van der Waals surface area contributed by atoms with Crippen molar-refractivity contribution < 1.29 is 8.81 Å². The van der Waals surface area contributed by atoms with Gasteiger partial charge < -0.3 is 9.73 Å². The topological polar surface area (TPSA) is 25.2 Å². The Morgan fingerprint density at radius 3 is 2.82 bits per heavy atom. The first-order chi connectivity index (χ1) is 8.31. The molecule has 0 bridgehead atoms. The molecule has 3 heteroatoms. The second kappa shape index (κ2) is 5.64. The maximum atomic E-state index is 13.2. The SMILES string of the molecule is CCCNC(c1ccoc1)c1cccc(F)c1. The lowest BCUT2D eigenvalue weighted by Crippen LogP contribution is -2.22. The maximum Gasteiger partial charge on any atom is 0.123 e. The number of hydrogen-bond acceptors (Lipinski definition) is 2. The molecule has 0 aliphatic rings. The van der Waals surface area contributed by atoms with Gasteiger partial charge in [-0.25, -0.2) is 4.39 Å². The largest absolute Gasteiger partial charge is 0.472 e. The van der Waals surface area contributed by atoms with Gasteiger partial charge in [0.25, 0.3) is 0 Å². The van der Waals surface area contributed by atoms with E-state index in [1.807, 2.05) is 12.1 Å². The van der Waals surface area contributed by atoms with Crippen LogP contribution in [0.1, 0.15) is 30.5 Å². The van der Waals surface area contributed by atoms with Crippen molar-refractivity contribution in [2.45, 2.75) is 19.4 Å². The van der Waals surface area contributed by atoms with Gasteiger partial charge in [0.05, 0.1) is 18.6 Å². The lowest BCUT2D eigenvalue weighted by atomic mass is 10.0. The first-order valence-corrected chi connectivity index (χ1v) is 5.82. The van der Waals surface area contributed by atoms with Crippen LogP contribution in [0.5, 0.6) is 0 Å². The van der Waals surface area contributed by atoms with Crippen molar-refractivity contribution in [3.05, 3.63) is 59.8 Å². The van der Waals surface area contributed by atoms with E-state index in [9.17, 15) is 4.39 Å². The van der Waals surface area contributed by atoms with E-state index in [4.69, 9.17) is 4.42 Å². The maximum absolute atomic E-state index is 13.2. The van der Waals surface area contributed by atoms with Crippen molar-refractivity contribution in [3.63, 3.8) is 0 Å². The number of benzene rings is 1. The molecular formula is C14H16FNO. The quantitative estimate of drug-likeness (QED) is 0.855. The molecule has 1 aromatic carbocycles. The molecule has 1 heterocycles. The molecule has 1 aromatic heterocycles. The summed E-state index contributed by atoms with van der Waals surface area (Å²) in [4.78, 5) is 0. The van der Waals surface area contributed by atoms with Gasteiger partial charge in [0, 0.05) is 5.56 Å². The molecule has 1 atom stereocenters. The van der Waals surface area contributed by atoms with E-state index in [1.165, 1.54) is 6.07 Å². The van der Waals surface area contributed by atoms with Gasteiger partial charge in [0.1, 0.15) is 5.82 Å². The van der Waals surface area contributed by atoms with E-state index in [1.54, 1.807) is 24.7 Å². The van der Waals surface area contributed by atoms with Crippen LogP contribution >= 0.6 is 0 Å². The zero-order valence-corrected chi connectivity index (χ0v) is 9.82. The summed E-state index contributed by atoms with van der Waals surface area (Å²) < 4.78 is 18.3. The highest BCUT2D eigenvalue weighted by Gasteiger charge is 2.14. The van der Waals surface area contributed by atoms with Crippen LogP contribution in [0.4, 0.5) is 4.39 Å². The van der Waals surface area contributed by atoms with E-state index in [0.717, 1.165) is 24.1 Å². The highest BCUT2D eigenvalue weighted by atomic mass is 19.1. The van der Waals surface area contributed by atoms with Crippen LogP contribution in [0.15, 0.2) is 47.3 Å². The monoisotopic (exact) mass is 233 g/mol. The third-order valence-electron chi connectivity index (χ3n) is 2.66. The molecule has 1 N–H and O–H groups in total. The molecule has 1 unspecified atom stereocenters. The molecule has 2 rings (SSSR count). The van der Waals surface area contributed by atoms with E-state index < -0.39 is 0 Å². The second-order valence-corrected chi connectivity index (χ2v) is 4.00. The Labute approximate surface area is 100 Å². The van der Waals surface area contributed by atoms with E-state index in [0.29, 0.717) is 0 Å². The summed E-state index contributed by atoms with van der Waals surface area (Å²) in [5.41, 5.74) is 1.93. The minimum absolute atomic E-state index is 0.00981. The fraction of sp³-hybridized carbons (Fsp3) is 0.286. The molecular weight excluding hydrogens is 217 g/mol. The Bertz CT molecular complexity index is 453. The summed E-state index contributed by atoms with van der Waals surface area (Å²) in [5.74, 6) is -0.214. The average molecular weight is 233 g/mol. The molecule has 0 radical (unpaired) electrons. The highest BCUT2D eigenvalue weighted by Crippen LogP contribution is 2.22.